The van der Waals surface area contributed by atoms with Gasteiger partial charge in [0.15, 0.2) is 6.61 Å². The molecule has 4 N–H and O–H groups in total. The Morgan fingerprint density at radius 1 is 1.17 bits per heavy atom. The minimum Gasteiger partial charge on any atom is -0.480 e. The topological polar surface area (TPSA) is 126 Å². The number of carbonyl (C=O) groups excluding carboxylic acids is 1. The first-order valence-corrected chi connectivity index (χ1v) is 7.67. The Balaban J connectivity index is 1.91. The Kier molecular flexibility index (Phi) is 6.64. The van der Waals surface area contributed by atoms with Crippen LogP contribution in [-0.2, 0) is 14.3 Å². The number of hydrogen-bond donors (Lipinski definition) is 4. The highest BCUT2D eigenvalue weighted by Gasteiger charge is 2.45. The summed E-state index contributed by atoms with van der Waals surface area (Å²) in [5.74, 6) is -0.711. The second kappa shape index (κ2) is 8.30. The monoisotopic (exact) mass is 382 g/mol. The van der Waals surface area contributed by atoms with E-state index in [1.54, 1.807) is 0 Å². The van der Waals surface area contributed by atoms with E-state index in [1.807, 2.05) is 0 Å². The summed E-state index contributed by atoms with van der Waals surface area (Å²) in [7, 11) is 0. The van der Waals surface area contributed by atoms with Crippen molar-refractivity contribution in [1.82, 2.24) is 0 Å². The Bertz CT molecular complexity index is 582. The quantitative estimate of drug-likeness (QED) is 0.512. The van der Waals surface area contributed by atoms with Gasteiger partial charge in [-0.15, -0.1) is 0 Å². The van der Waals surface area contributed by atoms with Gasteiger partial charge in [-0.1, -0.05) is 23.2 Å². The molecule has 0 saturated carbocycles. The van der Waals surface area contributed by atoms with Crippen LogP contribution in [0.4, 0.5) is 0 Å². The fourth-order valence-electron chi connectivity index (χ4n) is 2.06. The molecule has 1 saturated heterocycles. The largest absolute Gasteiger partial charge is 0.480 e. The summed E-state index contributed by atoms with van der Waals surface area (Å²) in [5.41, 5.74) is 0. The minimum absolute atomic E-state index is 0.197. The summed E-state index contributed by atoms with van der Waals surface area (Å²) < 4.78 is 15.1. The summed E-state index contributed by atoms with van der Waals surface area (Å²) in [6.45, 7) is -1.17. The van der Waals surface area contributed by atoms with Crippen LogP contribution >= 0.6 is 23.2 Å². The molecule has 24 heavy (non-hydrogen) atoms. The molecular formula is C14H16Cl2O8. The highest BCUT2D eigenvalue weighted by molar-refractivity contribution is 6.35. The van der Waals surface area contributed by atoms with E-state index in [4.69, 9.17) is 42.5 Å². The summed E-state index contributed by atoms with van der Waals surface area (Å²) in [5, 5.41) is 38.6. The molecule has 1 aliphatic rings. The van der Waals surface area contributed by atoms with E-state index < -0.39 is 49.9 Å². The second-order valence-electron chi connectivity index (χ2n) is 5.05. The Morgan fingerprint density at radius 3 is 2.50 bits per heavy atom. The van der Waals surface area contributed by atoms with Gasteiger partial charge in [-0.3, -0.25) is 0 Å². The predicted molar refractivity (Wildman–Crippen MR) is 81.8 cm³/mol. The summed E-state index contributed by atoms with van der Waals surface area (Å²) in [4.78, 5) is 11.8. The molecule has 10 heteroatoms. The van der Waals surface area contributed by atoms with Gasteiger partial charge in [-0.25, -0.2) is 4.79 Å². The van der Waals surface area contributed by atoms with Crippen molar-refractivity contribution in [3.8, 4) is 5.75 Å². The molecule has 1 aliphatic heterocycles. The van der Waals surface area contributed by atoms with Crippen molar-refractivity contribution >= 4 is 29.2 Å². The van der Waals surface area contributed by atoms with Gasteiger partial charge in [0.2, 0.25) is 6.29 Å². The standard InChI is InChI=1S/C14H16Cl2O8/c15-6-1-2-8(7(16)3-6)22-5-10(18)24-14-13(21)12(20)11(19)9(4-17)23-14/h1-3,9,11-14,17,19-21H,4-5H2. The average Bonchev–Trinajstić information content (AvgIpc) is 2.54. The van der Waals surface area contributed by atoms with Crippen molar-refractivity contribution in [2.75, 3.05) is 13.2 Å². The van der Waals surface area contributed by atoms with Crippen molar-refractivity contribution in [2.45, 2.75) is 30.7 Å². The van der Waals surface area contributed by atoms with Crippen LogP contribution in [0.5, 0.6) is 5.75 Å². The highest BCUT2D eigenvalue weighted by Crippen LogP contribution is 2.27. The Labute approximate surface area is 147 Å². The molecule has 1 fully saturated rings. The Hall–Kier alpha value is -1.13. The fraction of sp³-hybridized carbons (Fsp3) is 0.500. The molecule has 1 heterocycles. The van der Waals surface area contributed by atoms with Crippen LogP contribution < -0.4 is 4.74 Å². The van der Waals surface area contributed by atoms with E-state index in [9.17, 15) is 20.1 Å². The molecule has 0 aliphatic carbocycles. The first-order chi connectivity index (χ1) is 11.3. The highest BCUT2D eigenvalue weighted by atomic mass is 35.5. The third-order valence-corrected chi connectivity index (χ3v) is 3.87. The molecule has 1 aromatic carbocycles. The van der Waals surface area contributed by atoms with Gasteiger partial charge in [-0.2, -0.15) is 0 Å². The number of halogens is 2. The lowest BCUT2D eigenvalue weighted by molar-refractivity contribution is -0.293. The van der Waals surface area contributed by atoms with Crippen LogP contribution in [0.15, 0.2) is 18.2 Å². The van der Waals surface area contributed by atoms with E-state index in [-0.39, 0.29) is 10.8 Å². The van der Waals surface area contributed by atoms with Gasteiger partial charge in [0.1, 0.15) is 30.2 Å². The molecule has 0 amide bonds. The zero-order valence-electron chi connectivity index (χ0n) is 12.2. The molecule has 0 bridgehead atoms. The van der Waals surface area contributed by atoms with Crippen molar-refractivity contribution in [3.05, 3.63) is 28.2 Å². The molecule has 5 atom stereocenters. The normalized spacial score (nSPS) is 30.0. The lowest BCUT2D eigenvalue weighted by atomic mass is 9.99. The van der Waals surface area contributed by atoms with Crippen LogP contribution in [0.1, 0.15) is 0 Å². The molecule has 5 unspecified atom stereocenters. The SMILES string of the molecule is O=C(COc1ccc(Cl)cc1Cl)OC1OC(CO)C(O)C(O)C1O. The van der Waals surface area contributed by atoms with Crippen LogP contribution in [0.3, 0.4) is 0 Å². The zero-order valence-corrected chi connectivity index (χ0v) is 13.7. The molecular weight excluding hydrogens is 367 g/mol. The van der Waals surface area contributed by atoms with Gasteiger partial charge in [0.05, 0.1) is 11.6 Å². The summed E-state index contributed by atoms with van der Waals surface area (Å²) in [6, 6.07) is 4.42. The van der Waals surface area contributed by atoms with E-state index in [0.717, 1.165) is 0 Å². The molecule has 0 radical (unpaired) electrons. The number of aliphatic hydroxyl groups is 4. The van der Waals surface area contributed by atoms with Crippen molar-refractivity contribution < 1.29 is 39.4 Å². The van der Waals surface area contributed by atoms with Crippen molar-refractivity contribution in [3.63, 3.8) is 0 Å². The van der Waals surface area contributed by atoms with Gasteiger partial charge < -0.3 is 34.6 Å². The maximum atomic E-state index is 11.8. The molecule has 8 nitrogen and oxygen atoms in total. The number of benzene rings is 1. The summed E-state index contributed by atoms with van der Waals surface area (Å²) >= 11 is 11.6. The van der Waals surface area contributed by atoms with Crippen LogP contribution in [0, 0.1) is 0 Å². The third kappa shape index (κ3) is 4.48. The lowest BCUT2D eigenvalue weighted by Crippen LogP contribution is -2.59. The van der Waals surface area contributed by atoms with E-state index >= 15 is 0 Å². The molecule has 1 aromatic rings. The van der Waals surface area contributed by atoms with Gasteiger partial charge in [-0.05, 0) is 18.2 Å². The molecule has 2 rings (SSSR count). The van der Waals surface area contributed by atoms with Gasteiger partial charge >= 0.3 is 5.97 Å². The number of esters is 1. The van der Waals surface area contributed by atoms with Crippen LogP contribution in [0.25, 0.3) is 0 Å². The Morgan fingerprint density at radius 2 is 1.88 bits per heavy atom. The maximum Gasteiger partial charge on any atom is 0.346 e. The van der Waals surface area contributed by atoms with Gasteiger partial charge in [0, 0.05) is 5.02 Å². The van der Waals surface area contributed by atoms with E-state index in [2.05, 4.69) is 0 Å². The molecule has 0 aromatic heterocycles. The van der Waals surface area contributed by atoms with Crippen molar-refractivity contribution in [2.24, 2.45) is 0 Å². The second-order valence-corrected chi connectivity index (χ2v) is 5.89. The smallest absolute Gasteiger partial charge is 0.346 e. The fourth-order valence-corrected chi connectivity index (χ4v) is 2.52. The first kappa shape index (κ1) is 19.2. The predicted octanol–water partition coefficient (Wildman–Crippen LogP) is -0.285. The van der Waals surface area contributed by atoms with Crippen LogP contribution in [-0.4, -0.2) is 70.3 Å². The van der Waals surface area contributed by atoms with Crippen molar-refractivity contribution in [1.29, 1.82) is 0 Å². The zero-order chi connectivity index (χ0) is 17.9. The molecule has 134 valence electrons. The molecule has 0 spiro atoms. The first-order valence-electron chi connectivity index (χ1n) is 6.91. The minimum atomic E-state index is -1.68. The number of ether oxygens (including phenoxy) is 3. The van der Waals surface area contributed by atoms with Crippen LogP contribution in [0.2, 0.25) is 10.0 Å². The number of aliphatic hydroxyl groups excluding tert-OH is 4. The van der Waals surface area contributed by atoms with Gasteiger partial charge in [0.25, 0.3) is 0 Å². The summed E-state index contributed by atoms with van der Waals surface area (Å²) in [6.07, 6.45) is -7.58. The lowest BCUT2D eigenvalue weighted by Gasteiger charge is -2.39. The maximum absolute atomic E-state index is 11.8. The van der Waals surface area contributed by atoms with E-state index in [1.165, 1.54) is 18.2 Å². The average molecular weight is 383 g/mol. The third-order valence-electron chi connectivity index (χ3n) is 3.34. The number of hydrogen-bond acceptors (Lipinski definition) is 8. The number of rotatable bonds is 5. The van der Waals surface area contributed by atoms with E-state index in [0.29, 0.717) is 5.02 Å². The number of carbonyl (C=O) groups is 1.